The van der Waals surface area contributed by atoms with Crippen molar-refractivity contribution in [1.29, 1.82) is 0 Å². The lowest BCUT2D eigenvalue weighted by Gasteiger charge is -2.34. The first kappa shape index (κ1) is 15.3. The molecule has 1 heterocycles. The number of benzene rings is 1. The minimum Gasteiger partial charge on any atom is -0.393 e. The van der Waals surface area contributed by atoms with Crippen LogP contribution in [0.25, 0.3) is 0 Å². The predicted octanol–water partition coefficient (Wildman–Crippen LogP) is 2.82. The highest BCUT2D eigenvalue weighted by molar-refractivity contribution is 6.31. The van der Waals surface area contributed by atoms with Gasteiger partial charge in [0.25, 0.3) is 0 Å². The van der Waals surface area contributed by atoms with Crippen LogP contribution in [-0.4, -0.2) is 35.2 Å². The maximum absolute atomic E-state index is 10.1. The molecule has 1 saturated heterocycles. The topological polar surface area (TPSA) is 49.5 Å². The second-order valence-corrected chi connectivity index (χ2v) is 6.97. The maximum Gasteiger partial charge on any atom is 0.0583 e. The molecule has 1 aromatic carbocycles. The van der Waals surface area contributed by atoms with Crippen LogP contribution >= 0.6 is 11.6 Å². The van der Waals surface area contributed by atoms with E-state index >= 15 is 0 Å². The first-order chi connectivity index (χ1) is 10.1. The Labute approximate surface area is 132 Å². The highest BCUT2D eigenvalue weighted by Crippen LogP contribution is 2.42. The summed E-state index contributed by atoms with van der Waals surface area (Å²) in [5, 5.41) is 10.9. The molecule has 4 heteroatoms. The van der Waals surface area contributed by atoms with Gasteiger partial charge in [0.1, 0.15) is 0 Å². The van der Waals surface area contributed by atoms with E-state index in [2.05, 4.69) is 17.9 Å². The summed E-state index contributed by atoms with van der Waals surface area (Å²) < 4.78 is 0. The largest absolute Gasteiger partial charge is 0.393 e. The molecule has 0 spiro atoms. The molecule has 0 aromatic heterocycles. The van der Waals surface area contributed by atoms with Crippen LogP contribution in [0.2, 0.25) is 5.02 Å². The number of aliphatic hydroxyl groups is 1. The summed E-state index contributed by atoms with van der Waals surface area (Å²) in [7, 11) is 0. The Morgan fingerprint density at radius 3 is 2.76 bits per heavy atom. The molecular formula is C17H25ClN2O. The highest BCUT2D eigenvalue weighted by atomic mass is 35.5. The van der Waals surface area contributed by atoms with Crippen LogP contribution in [0.5, 0.6) is 0 Å². The summed E-state index contributed by atoms with van der Waals surface area (Å²) in [5.41, 5.74) is 7.55. The normalized spacial score (nSPS) is 32.1. The maximum atomic E-state index is 10.1. The Bertz CT molecular complexity index is 495. The number of fused-ring (bicyclic) bond motifs is 1. The van der Waals surface area contributed by atoms with E-state index in [1.165, 1.54) is 0 Å². The molecule has 3 N–H and O–H groups in total. The minimum absolute atomic E-state index is 0.0702. The fourth-order valence-corrected chi connectivity index (χ4v) is 4.38. The minimum atomic E-state index is -0.134. The van der Waals surface area contributed by atoms with Crippen molar-refractivity contribution < 1.29 is 5.11 Å². The number of rotatable bonds is 4. The van der Waals surface area contributed by atoms with Gasteiger partial charge in [-0.15, -0.1) is 0 Å². The third-order valence-electron chi connectivity index (χ3n) is 5.34. The summed E-state index contributed by atoms with van der Waals surface area (Å²) >= 11 is 6.42. The van der Waals surface area contributed by atoms with E-state index in [4.69, 9.17) is 17.3 Å². The van der Waals surface area contributed by atoms with E-state index in [1.807, 2.05) is 18.2 Å². The Balaban J connectivity index is 1.86. The zero-order valence-electron chi connectivity index (χ0n) is 12.6. The molecule has 3 nitrogen and oxygen atoms in total. The van der Waals surface area contributed by atoms with Gasteiger partial charge >= 0.3 is 0 Å². The number of likely N-dealkylation sites (tertiary alicyclic amines) is 1. The summed E-state index contributed by atoms with van der Waals surface area (Å²) in [6.45, 7) is 4.10. The van der Waals surface area contributed by atoms with E-state index in [1.54, 1.807) is 0 Å². The van der Waals surface area contributed by atoms with Crippen molar-refractivity contribution in [3.63, 3.8) is 0 Å². The van der Waals surface area contributed by atoms with Gasteiger partial charge in [-0.25, -0.2) is 0 Å². The molecular weight excluding hydrogens is 284 g/mol. The standard InChI is InChI=1S/C17H25ClN2O/c1-2-15(19)17(12-5-3-4-6-14(12)18)20-9-11-7-8-16(21)13(11)10-20/h3-6,11,13,15-17,21H,2,7-10,19H2,1H3. The quantitative estimate of drug-likeness (QED) is 0.899. The van der Waals surface area contributed by atoms with Crippen molar-refractivity contribution in [1.82, 2.24) is 4.90 Å². The molecule has 5 unspecified atom stereocenters. The number of aliphatic hydroxyl groups excluding tert-OH is 1. The number of hydrogen-bond acceptors (Lipinski definition) is 3. The number of hydrogen-bond donors (Lipinski definition) is 2. The molecule has 21 heavy (non-hydrogen) atoms. The van der Waals surface area contributed by atoms with E-state index in [0.29, 0.717) is 11.8 Å². The molecule has 2 fully saturated rings. The van der Waals surface area contributed by atoms with Crippen LogP contribution in [0.3, 0.4) is 0 Å². The van der Waals surface area contributed by atoms with Gasteiger partial charge in [0, 0.05) is 30.1 Å². The van der Waals surface area contributed by atoms with Gasteiger partial charge in [0.05, 0.1) is 12.1 Å². The van der Waals surface area contributed by atoms with Gasteiger partial charge in [0.2, 0.25) is 0 Å². The highest BCUT2D eigenvalue weighted by Gasteiger charge is 2.44. The van der Waals surface area contributed by atoms with E-state index in [-0.39, 0.29) is 18.2 Å². The molecule has 1 saturated carbocycles. The molecule has 2 aliphatic rings. The fourth-order valence-electron chi connectivity index (χ4n) is 4.13. The number of nitrogens with zero attached hydrogens (tertiary/aromatic N) is 1. The van der Waals surface area contributed by atoms with Gasteiger partial charge < -0.3 is 10.8 Å². The molecule has 1 aromatic rings. The third kappa shape index (κ3) is 2.85. The molecule has 116 valence electrons. The molecule has 1 aliphatic heterocycles. The van der Waals surface area contributed by atoms with Gasteiger partial charge in [-0.3, -0.25) is 4.90 Å². The summed E-state index contributed by atoms with van der Waals surface area (Å²) in [6.07, 6.45) is 2.88. The monoisotopic (exact) mass is 308 g/mol. The summed E-state index contributed by atoms with van der Waals surface area (Å²) in [4.78, 5) is 2.45. The molecule has 5 atom stereocenters. The SMILES string of the molecule is CCC(N)C(c1ccccc1Cl)N1CC2CCC(O)C2C1. The second-order valence-electron chi connectivity index (χ2n) is 6.56. The van der Waals surface area contributed by atoms with Crippen molar-refractivity contribution in [2.45, 2.75) is 44.4 Å². The van der Waals surface area contributed by atoms with Crippen LogP contribution in [0.15, 0.2) is 24.3 Å². The zero-order chi connectivity index (χ0) is 15.0. The van der Waals surface area contributed by atoms with Gasteiger partial charge in [0.15, 0.2) is 0 Å². The van der Waals surface area contributed by atoms with Gasteiger partial charge in [-0.2, -0.15) is 0 Å². The molecule has 0 amide bonds. The Morgan fingerprint density at radius 2 is 2.10 bits per heavy atom. The lowest BCUT2D eigenvalue weighted by Crippen LogP contribution is -2.40. The van der Waals surface area contributed by atoms with E-state index < -0.39 is 0 Å². The smallest absolute Gasteiger partial charge is 0.0583 e. The lowest BCUT2D eigenvalue weighted by molar-refractivity contribution is 0.114. The summed E-state index contributed by atoms with van der Waals surface area (Å²) in [5.74, 6) is 1.04. The first-order valence-corrected chi connectivity index (χ1v) is 8.41. The fraction of sp³-hybridized carbons (Fsp3) is 0.647. The van der Waals surface area contributed by atoms with Crippen LogP contribution in [0.4, 0.5) is 0 Å². The van der Waals surface area contributed by atoms with Crippen LogP contribution in [0, 0.1) is 11.8 Å². The Morgan fingerprint density at radius 1 is 1.33 bits per heavy atom. The number of halogens is 1. The molecule has 3 rings (SSSR count). The van der Waals surface area contributed by atoms with E-state index in [0.717, 1.165) is 42.9 Å². The van der Waals surface area contributed by atoms with Crippen molar-refractivity contribution in [2.24, 2.45) is 17.6 Å². The third-order valence-corrected chi connectivity index (χ3v) is 5.69. The Kier molecular flexibility index (Phi) is 4.55. The van der Waals surface area contributed by atoms with E-state index in [9.17, 15) is 5.11 Å². The number of nitrogens with two attached hydrogens (primary N) is 1. The van der Waals surface area contributed by atoms with Crippen molar-refractivity contribution >= 4 is 11.6 Å². The van der Waals surface area contributed by atoms with Crippen LogP contribution in [-0.2, 0) is 0 Å². The van der Waals surface area contributed by atoms with Crippen molar-refractivity contribution in [3.8, 4) is 0 Å². The molecule has 1 aliphatic carbocycles. The predicted molar refractivity (Wildman–Crippen MR) is 86.3 cm³/mol. The zero-order valence-corrected chi connectivity index (χ0v) is 13.3. The Hall–Kier alpha value is -0.610. The van der Waals surface area contributed by atoms with Gasteiger partial charge in [-0.1, -0.05) is 36.7 Å². The average Bonchev–Trinajstić information content (AvgIpc) is 3.04. The van der Waals surface area contributed by atoms with Gasteiger partial charge in [-0.05, 0) is 36.8 Å². The molecule has 0 bridgehead atoms. The lowest BCUT2D eigenvalue weighted by atomic mass is 9.96. The summed E-state index contributed by atoms with van der Waals surface area (Å²) in [6, 6.07) is 8.25. The van der Waals surface area contributed by atoms with Crippen molar-refractivity contribution in [2.75, 3.05) is 13.1 Å². The second kappa shape index (κ2) is 6.25. The van der Waals surface area contributed by atoms with Crippen LogP contribution < -0.4 is 5.73 Å². The van der Waals surface area contributed by atoms with Crippen LogP contribution in [0.1, 0.15) is 37.8 Å². The molecule has 0 radical (unpaired) electrons. The van der Waals surface area contributed by atoms with Crippen molar-refractivity contribution in [3.05, 3.63) is 34.9 Å². The first-order valence-electron chi connectivity index (χ1n) is 8.04. The average molecular weight is 309 g/mol.